The number of likely N-dealkylation sites (tertiary alicyclic amines) is 1. The van der Waals surface area contributed by atoms with Crippen molar-refractivity contribution in [3.8, 4) is 5.75 Å². The molecule has 1 atom stereocenters. The minimum atomic E-state index is -0.793. The summed E-state index contributed by atoms with van der Waals surface area (Å²) < 4.78 is 18.6. The van der Waals surface area contributed by atoms with Gasteiger partial charge in [0.2, 0.25) is 0 Å². The van der Waals surface area contributed by atoms with Crippen molar-refractivity contribution >= 4 is 5.97 Å². The van der Waals surface area contributed by atoms with E-state index < -0.39 is 17.8 Å². The lowest BCUT2D eigenvalue weighted by molar-refractivity contribution is -0.142. The Hall–Kier alpha value is -1.62. The van der Waals surface area contributed by atoms with Crippen LogP contribution in [0.5, 0.6) is 5.75 Å². The van der Waals surface area contributed by atoms with E-state index in [2.05, 4.69) is 0 Å². The first-order valence-corrected chi connectivity index (χ1v) is 6.02. The highest BCUT2D eigenvalue weighted by Gasteiger charge is 2.29. The number of para-hydroxylation sites is 1. The van der Waals surface area contributed by atoms with Gasteiger partial charge in [0.15, 0.2) is 11.6 Å². The van der Waals surface area contributed by atoms with E-state index in [-0.39, 0.29) is 5.75 Å². The molecule has 0 unspecified atom stereocenters. The van der Waals surface area contributed by atoms with Gasteiger partial charge in [-0.3, -0.25) is 9.69 Å². The van der Waals surface area contributed by atoms with Crippen LogP contribution in [0, 0.1) is 5.82 Å². The molecule has 98 valence electrons. The molecule has 4 nitrogen and oxygen atoms in total. The number of nitrogens with zero attached hydrogens (tertiary/aromatic N) is 1. The fraction of sp³-hybridized carbons (Fsp3) is 0.462. The second kappa shape index (κ2) is 5.82. The van der Waals surface area contributed by atoms with E-state index in [0.717, 1.165) is 13.0 Å². The standard InChI is InChI=1S/C13H16FNO3/c14-10-4-1-2-6-12(10)18-9-8-15-7-3-5-11(15)13(16)17/h1-2,4,6,11H,3,5,7-9H2,(H,16,17)/t11-/m1/s1. The molecule has 1 aromatic carbocycles. The first-order valence-electron chi connectivity index (χ1n) is 6.02. The molecule has 0 bridgehead atoms. The minimum absolute atomic E-state index is 0.212. The quantitative estimate of drug-likeness (QED) is 0.868. The second-order valence-electron chi connectivity index (χ2n) is 4.31. The summed E-state index contributed by atoms with van der Waals surface area (Å²) in [7, 11) is 0. The number of rotatable bonds is 5. The van der Waals surface area contributed by atoms with Crippen LogP contribution in [0.15, 0.2) is 24.3 Å². The summed E-state index contributed by atoms with van der Waals surface area (Å²) in [5.74, 6) is -0.976. The Bertz CT molecular complexity index is 424. The van der Waals surface area contributed by atoms with Gasteiger partial charge in [-0.1, -0.05) is 12.1 Å². The highest BCUT2D eigenvalue weighted by Crippen LogP contribution is 2.18. The minimum Gasteiger partial charge on any atom is -0.489 e. The summed E-state index contributed by atoms with van der Waals surface area (Å²) in [6.45, 7) is 1.56. The van der Waals surface area contributed by atoms with Crippen LogP contribution in [0.1, 0.15) is 12.8 Å². The molecule has 5 heteroatoms. The summed E-state index contributed by atoms with van der Waals surface area (Å²) in [4.78, 5) is 12.8. The van der Waals surface area contributed by atoms with Gasteiger partial charge in [0, 0.05) is 6.54 Å². The number of aliphatic carboxylic acids is 1. The van der Waals surface area contributed by atoms with Crippen LogP contribution >= 0.6 is 0 Å². The summed E-state index contributed by atoms with van der Waals surface area (Å²) in [6, 6.07) is 5.78. The van der Waals surface area contributed by atoms with Gasteiger partial charge in [-0.2, -0.15) is 0 Å². The number of benzene rings is 1. The number of halogens is 1. The third-order valence-electron chi connectivity index (χ3n) is 3.12. The Morgan fingerprint density at radius 1 is 1.50 bits per heavy atom. The van der Waals surface area contributed by atoms with E-state index in [1.54, 1.807) is 18.2 Å². The Morgan fingerprint density at radius 3 is 3.00 bits per heavy atom. The third kappa shape index (κ3) is 2.98. The molecule has 0 radical (unpaired) electrons. The van der Waals surface area contributed by atoms with Gasteiger partial charge in [-0.25, -0.2) is 4.39 Å². The predicted octanol–water partition coefficient (Wildman–Crippen LogP) is 1.75. The predicted molar refractivity (Wildman–Crippen MR) is 64.1 cm³/mol. The molecule has 1 aliphatic rings. The first kappa shape index (κ1) is 12.8. The Kier molecular flexibility index (Phi) is 4.15. The molecular weight excluding hydrogens is 237 g/mol. The molecule has 0 amide bonds. The highest BCUT2D eigenvalue weighted by molar-refractivity contribution is 5.73. The average Bonchev–Trinajstić information content (AvgIpc) is 2.80. The third-order valence-corrected chi connectivity index (χ3v) is 3.12. The maximum atomic E-state index is 13.3. The van der Waals surface area contributed by atoms with Crippen molar-refractivity contribution in [3.63, 3.8) is 0 Å². The number of carboxylic acids is 1. The number of hydrogen-bond donors (Lipinski definition) is 1. The lowest BCUT2D eigenvalue weighted by Gasteiger charge is -2.20. The molecule has 2 rings (SSSR count). The monoisotopic (exact) mass is 253 g/mol. The fourth-order valence-corrected chi connectivity index (χ4v) is 2.21. The Labute approximate surface area is 105 Å². The molecule has 1 N–H and O–H groups in total. The van der Waals surface area contributed by atoms with E-state index in [1.807, 2.05) is 4.90 Å². The molecular formula is C13H16FNO3. The number of carbonyl (C=O) groups is 1. The van der Waals surface area contributed by atoms with Crippen molar-refractivity contribution in [3.05, 3.63) is 30.1 Å². The van der Waals surface area contributed by atoms with E-state index in [1.165, 1.54) is 6.07 Å². The largest absolute Gasteiger partial charge is 0.489 e. The molecule has 0 aliphatic carbocycles. The number of carboxylic acid groups (broad SMARTS) is 1. The van der Waals surface area contributed by atoms with Gasteiger partial charge in [-0.15, -0.1) is 0 Å². The summed E-state index contributed by atoms with van der Waals surface area (Å²) >= 11 is 0. The maximum Gasteiger partial charge on any atom is 0.320 e. The Balaban J connectivity index is 1.82. The van der Waals surface area contributed by atoms with Gasteiger partial charge in [0.1, 0.15) is 12.6 Å². The zero-order valence-electron chi connectivity index (χ0n) is 10.0. The zero-order chi connectivity index (χ0) is 13.0. The van der Waals surface area contributed by atoms with Crippen LogP contribution in [0.25, 0.3) is 0 Å². The van der Waals surface area contributed by atoms with Crippen molar-refractivity contribution in [1.29, 1.82) is 0 Å². The molecule has 1 aliphatic heterocycles. The number of hydrogen-bond acceptors (Lipinski definition) is 3. The van der Waals surface area contributed by atoms with Crippen LogP contribution in [0.2, 0.25) is 0 Å². The van der Waals surface area contributed by atoms with E-state index in [4.69, 9.17) is 9.84 Å². The van der Waals surface area contributed by atoms with E-state index in [0.29, 0.717) is 19.6 Å². The van der Waals surface area contributed by atoms with Crippen molar-refractivity contribution in [2.24, 2.45) is 0 Å². The molecule has 1 saturated heterocycles. The normalized spacial score (nSPS) is 19.9. The lowest BCUT2D eigenvalue weighted by Crippen LogP contribution is -2.38. The fourth-order valence-electron chi connectivity index (χ4n) is 2.21. The zero-order valence-corrected chi connectivity index (χ0v) is 10.0. The van der Waals surface area contributed by atoms with Crippen LogP contribution in [-0.4, -0.2) is 41.7 Å². The molecule has 1 heterocycles. The van der Waals surface area contributed by atoms with Crippen LogP contribution in [-0.2, 0) is 4.79 Å². The molecule has 18 heavy (non-hydrogen) atoms. The topological polar surface area (TPSA) is 49.8 Å². The molecule has 0 spiro atoms. The number of ether oxygens (including phenoxy) is 1. The molecule has 0 saturated carbocycles. The Morgan fingerprint density at radius 2 is 2.28 bits per heavy atom. The maximum absolute atomic E-state index is 13.3. The second-order valence-corrected chi connectivity index (χ2v) is 4.31. The van der Waals surface area contributed by atoms with E-state index in [9.17, 15) is 9.18 Å². The van der Waals surface area contributed by atoms with Gasteiger partial charge in [0.05, 0.1) is 0 Å². The van der Waals surface area contributed by atoms with Crippen molar-refractivity contribution < 1.29 is 19.0 Å². The lowest BCUT2D eigenvalue weighted by atomic mass is 10.2. The summed E-state index contributed by atoms with van der Waals surface area (Å²) in [5, 5.41) is 9.00. The highest BCUT2D eigenvalue weighted by atomic mass is 19.1. The van der Waals surface area contributed by atoms with Crippen LogP contribution in [0.3, 0.4) is 0 Å². The van der Waals surface area contributed by atoms with Gasteiger partial charge in [-0.05, 0) is 31.5 Å². The summed E-state index contributed by atoms with van der Waals surface area (Å²) in [5.41, 5.74) is 0. The molecule has 1 aromatic rings. The molecule has 1 fully saturated rings. The SMILES string of the molecule is O=C(O)[C@H]1CCCN1CCOc1ccccc1F. The summed E-state index contributed by atoms with van der Waals surface area (Å²) in [6.07, 6.45) is 1.56. The average molecular weight is 253 g/mol. The van der Waals surface area contributed by atoms with Crippen molar-refractivity contribution in [2.45, 2.75) is 18.9 Å². The van der Waals surface area contributed by atoms with Gasteiger partial charge in [0.25, 0.3) is 0 Å². The van der Waals surface area contributed by atoms with Crippen LogP contribution < -0.4 is 4.74 Å². The van der Waals surface area contributed by atoms with Gasteiger partial charge < -0.3 is 9.84 Å². The van der Waals surface area contributed by atoms with Crippen LogP contribution in [0.4, 0.5) is 4.39 Å². The van der Waals surface area contributed by atoms with E-state index >= 15 is 0 Å². The smallest absolute Gasteiger partial charge is 0.320 e. The first-order chi connectivity index (χ1) is 8.68. The van der Waals surface area contributed by atoms with Crippen molar-refractivity contribution in [2.75, 3.05) is 19.7 Å². The van der Waals surface area contributed by atoms with Gasteiger partial charge >= 0.3 is 5.97 Å². The van der Waals surface area contributed by atoms with Crippen molar-refractivity contribution in [1.82, 2.24) is 4.90 Å². The molecule has 0 aromatic heterocycles.